The lowest BCUT2D eigenvalue weighted by Crippen LogP contribution is -2.42. The van der Waals surface area contributed by atoms with Crippen molar-refractivity contribution >= 4 is 33.2 Å². The summed E-state index contributed by atoms with van der Waals surface area (Å²) < 4.78 is 28.0. The maximum Gasteiger partial charge on any atom is 0.242 e. The van der Waals surface area contributed by atoms with Crippen molar-refractivity contribution in [1.82, 2.24) is 4.72 Å². The van der Waals surface area contributed by atoms with Crippen LogP contribution in [0.4, 0.5) is 5.69 Å². The van der Waals surface area contributed by atoms with Gasteiger partial charge in [-0.05, 0) is 63.4 Å². The number of hydrogen-bond acceptors (Lipinski definition) is 3. The van der Waals surface area contributed by atoms with E-state index in [-0.39, 0.29) is 4.90 Å². The zero-order valence-electron chi connectivity index (χ0n) is 15.5. The Hall–Kier alpha value is -1.89. The van der Waals surface area contributed by atoms with Gasteiger partial charge in [0.15, 0.2) is 0 Å². The monoisotopic (exact) mass is 394 g/mol. The lowest BCUT2D eigenvalue weighted by molar-refractivity contribution is -0.117. The minimum absolute atomic E-state index is 0.210. The molecular formula is C19H23ClN2O3S. The molecule has 0 fully saturated rings. The Balaban J connectivity index is 2.22. The maximum absolute atomic E-state index is 12.8. The van der Waals surface area contributed by atoms with Gasteiger partial charge in [-0.3, -0.25) is 4.79 Å². The molecule has 0 aliphatic heterocycles. The maximum atomic E-state index is 12.8. The Morgan fingerprint density at radius 3 is 2.23 bits per heavy atom. The van der Waals surface area contributed by atoms with Gasteiger partial charge in [-0.25, -0.2) is 8.42 Å². The fraction of sp³-hybridized carbons (Fsp3) is 0.316. The van der Waals surface area contributed by atoms with Gasteiger partial charge in [-0.1, -0.05) is 35.4 Å². The molecule has 2 rings (SSSR count). The van der Waals surface area contributed by atoms with E-state index in [2.05, 4.69) is 10.0 Å². The van der Waals surface area contributed by atoms with Crippen molar-refractivity contribution in [1.29, 1.82) is 0 Å². The van der Waals surface area contributed by atoms with Gasteiger partial charge in [0.1, 0.15) is 0 Å². The normalized spacial score (nSPS) is 12.7. The van der Waals surface area contributed by atoms with Crippen molar-refractivity contribution in [2.75, 3.05) is 5.32 Å². The Kier molecular flexibility index (Phi) is 6.11. The second kappa shape index (κ2) is 7.78. The number of hydrogen-bond donors (Lipinski definition) is 2. The van der Waals surface area contributed by atoms with Crippen LogP contribution < -0.4 is 10.0 Å². The van der Waals surface area contributed by atoms with Crippen LogP contribution in [0.3, 0.4) is 0 Å². The first kappa shape index (κ1) is 20.4. The van der Waals surface area contributed by atoms with Crippen molar-refractivity contribution in [2.45, 2.75) is 45.6 Å². The van der Waals surface area contributed by atoms with Gasteiger partial charge in [0.2, 0.25) is 15.9 Å². The first-order valence-corrected chi connectivity index (χ1v) is 10.0. The summed E-state index contributed by atoms with van der Waals surface area (Å²) in [4.78, 5) is 12.6. The third-order valence-electron chi connectivity index (χ3n) is 4.12. The van der Waals surface area contributed by atoms with Crippen LogP contribution in [0.15, 0.2) is 35.2 Å². The molecule has 0 heterocycles. The smallest absolute Gasteiger partial charge is 0.242 e. The van der Waals surface area contributed by atoms with Crippen molar-refractivity contribution < 1.29 is 13.2 Å². The summed E-state index contributed by atoms with van der Waals surface area (Å²) in [6.45, 7) is 8.69. The van der Waals surface area contributed by atoms with E-state index in [1.165, 1.54) is 6.92 Å². The lowest BCUT2D eigenvalue weighted by Gasteiger charge is -2.18. The Labute approximate surface area is 159 Å². The molecule has 26 heavy (non-hydrogen) atoms. The van der Waals surface area contributed by atoms with E-state index in [4.69, 9.17) is 11.6 Å². The largest absolute Gasteiger partial charge is 0.324 e. The summed E-state index contributed by atoms with van der Waals surface area (Å²) in [5.74, 6) is -0.457. The summed E-state index contributed by atoms with van der Waals surface area (Å²) in [5, 5.41) is 3.24. The molecule has 1 amide bonds. The van der Waals surface area contributed by atoms with Crippen LogP contribution in [0.5, 0.6) is 0 Å². The third kappa shape index (κ3) is 4.44. The number of carbonyl (C=O) groups is 1. The van der Waals surface area contributed by atoms with Crippen molar-refractivity contribution in [3.63, 3.8) is 0 Å². The highest BCUT2D eigenvalue weighted by atomic mass is 35.5. The van der Waals surface area contributed by atoms with E-state index >= 15 is 0 Å². The van der Waals surface area contributed by atoms with Gasteiger partial charge in [0.05, 0.1) is 10.9 Å². The van der Waals surface area contributed by atoms with Gasteiger partial charge in [0.25, 0.3) is 0 Å². The van der Waals surface area contributed by atoms with Crippen LogP contribution in [0.2, 0.25) is 5.02 Å². The Morgan fingerprint density at radius 1 is 1.08 bits per heavy atom. The van der Waals surface area contributed by atoms with Gasteiger partial charge in [-0.2, -0.15) is 4.72 Å². The fourth-order valence-corrected chi connectivity index (χ4v) is 4.75. The van der Waals surface area contributed by atoms with Crippen LogP contribution in [0, 0.1) is 27.7 Å². The molecule has 5 nitrogen and oxygen atoms in total. The van der Waals surface area contributed by atoms with Gasteiger partial charge < -0.3 is 5.32 Å². The van der Waals surface area contributed by atoms with E-state index in [0.29, 0.717) is 21.8 Å². The summed E-state index contributed by atoms with van der Waals surface area (Å²) in [6.07, 6.45) is 0. The van der Waals surface area contributed by atoms with Gasteiger partial charge in [-0.15, -0.1) is 0 Å². The molecule has 1 unspecified atom stereocenters. The van der Waals surface area contributed by atoms with Crippen LogP contribution in [-0.2, 0) is 14.8 Å². The SMILES string of the molecule is Cc1cc(C)c(S(=O)(=O)NC(C)C(=O)Nc2cccc(Cl)c2C)c(C)c1. The second-order valence-electron chi connectivity index (χ2n) is 6.47. The van der Waals surface area contributed by atoms with Crippen molar-refractivity contribution in [2.24, 2.45) is 0 Å². The molecule has 0 saturated heterocycles. The standard InChI is InChI=1S/C19H23ClN2O3S/c1-11-9-12(2)18(13(3)10-11)26(24,25)22-15(5)19(23)21-17-8-6-7-16(20)14(17)4/h6-10,15,22H,1-5H3,(H,21,23). The molecule has 0 aliphatic rings. The number of aryl methyl sites for hydroxylation is 3. The molecule has 0 saturated carbocycles. The Morgan fingerprint density at radius 2 is 1.65 bits per heavy atom. The number of nitrogens with one attached hydrogen (secondary N) is 2. The number of halogens is 1. The molecule has 2 N–H and O–H groups in total. The molecule has 0 bridgehead atoms. The first-order valence-electron chi connectivity index (χ1n) is 8.19. The van der Waals surface area contributed by atoms with E-state index in [1.807, 2.05) is 19.1 Å². The number of rotatable bonds is 5. The molecule has 1 atom stereocenters. The van der Waals surface area contributed by atoms with Gasteiger partial charge >= 0.3 is 0 Å². The van der Waals surface area contributed by atoms with Crippen molar-refractivity contribution in [3.05, 3.63) is 57.6 Å². The van der Waals surface area contributed by atoms with Crippen molar-refractivity contribution in [3.8, 4) is 0 Å². The second-order valence-corrected chi connectivity index (χ2v) is 8.53. The average molecular weight is 395 g/mol. The van der Waals surface area contributed by atoms with Crippen LogP contribution >= 0.6 is 11.6 Å². The molecule has 2 aromatic rings. The number of benzene rings is 2. The summed E-state index contributed by atoms with van der Waals surface area (Å²) in [6, 6.07) is 7.83. The molecule has 140 valence electrons. The predicted molar refractivity (Wildman–Crippen MR) is 105 cm³/mol. The summed E-state index contributed by atoms with van der Waals surface area (Å²) >= 11 is 6.05. The minimum Gasteiger partial charge on any atom is -0.324 e. The lowest BCUT2D eigenvalue weighted by atomic mass is 10.1. The van der Waals surface area contributed by atoms with E-state index in [9.17, 15) is 13.2 Å². The number of carbonyl (C=O) groups excluding carboxylic acids is 1. The zero-order chi connectivity index (χ0) is 19.6. The van der Waals surface area contributed by atoms with Crippen LogP contribution in [0.25, 0.3) is 0 Å². The van der Waals surface area contributed by atoms with Crippen LogP contribution in [0.1, 0.15) is 29.2 Å². The molecule has 7 heteroatoms. The minimum atomic E-state index is -3.83. The van der Waals surface area contributed by atoms with E-state index in [0.717, 1.165) is 11.1 Å². The number of amides is 1. The quantitative estimate of drug-likeness (QED) is 0.808. The molecule has 0 aliphatic carbocycles. The summed E-state index contributed by atoms with van der Waals surface area (Å²) in [5.41, 5.74) is 3.56. The molecule has 2 aromatic carbocycles. The average Bonchev–Trinajstić information content (AvgIpc) is 2.49. The van der Waals surface area contributed by atoms with Crippen LogP contribution in [-0.4, -0.2) is 20.4 Å². The Bertz CT molecular complexity index is 932. The molecule has 0 spiro atoms. The third-order valence-corrected chi connectivity index (χ3v) is 6.38. The predicted octanol–water partition coefficient (Wildman–Crippen LogP) is 3.88. The highest BCUT2D eigenvalue weighted by Crippen LogP contribution is 2.24. The summed E-state index contributed by atoms with van der Waals surface area (Å²) in [7, 11) is -3.83. The first-order chi connectivity index (χ1) is 12.0. The van der Waals surface area contributed by atoms with E-state index in [1.54, 1.807) is 39.0 Å². The topological polar surface area (TPSA) is 75.3 Å². The van der Waals surface area contributed by atoms with Gasteiger partial charge in [0, 0.05) is 10.7 Å². The molecule has 0 radical (unpaired) electrons. The zero-order valence-corrected chi connectivity index (χ0v) is 17.0. The molecular weight excluding hydrogens is 372 g/mol. The highest BCUT2D eigenvalue weighted by molar-refractivity contribution is 7.89. The van der Waals surface area contributed by atoms with E-state index < -0.39 is 22.0 Å². The fourth-order valence-electron chi connectivity index (χ4n) is 2.92. The number of sulfonamides is 1. The highest BCUT2D eigenvalue weighted by Gasteiger charge is 2.25. The number of anilines is 1. The molecule has 0 aromatic heterocycles.